The number of H-pyrrole nitrogens is 1. The summed E-state index contributed by atoms with van der Waals surface area (Å²) in [6, 6.07) is 3.39. The minimum absolute atomic E-state index is 0.0954. The van der Waals surface area contributed by atoms with Gasteiger partial charge in [0.25, 0.3) is 5.56 Å². The lowest BCUT2D eigenvalue weighted by Crippen LogP contribution is -2.22. The molecular formula is C10H10N4O2. The molecule has 0 spiro atoms. The lowest BCUT2D eigenvalue weighted by atomic mass is 10.2. The van der Waals surface area contributed by atoms with Crippen molar-refractivity contribution < 1.29 is 5.11 Å². The highest BCUT2D eigenvalue weighted by Crippen LogP contribution is 2.05. The summed E-state index contributed by atoms with van der Waals surface area (Å²) in [7, 11) is 0. The van der Waals surface area contributed by atoms with Crippen LogP contribution in [0, 0.1) is 18.3 Å². The molecule has 82 valence electrons. The van der Waals surface area contributed by atoms with E-state index in [0.717, 1.165) is 4.52 Å². The van der Waals surface area contributed by atoms with Crippen LogP contribution in [0.5, 0.6) is 0 Å². The Labute approximate surface area is 90.8 Å². The lowest BCUT2D eigenvalue weighted by Gasteiger charge is -2.03. The molecule has 0 fully saturated rings. The Morgan fingerprint density at radius 3 is 3.06 bits per heavy atom. The highest BCUT2D eigenvalue weighted by Gasteiger charge is 2.10. The van der Waals surface area contributed by atoms with Crippen molar-refractivity contribution in [2.75, 3.05) is 6.61 Å². The van der Waals surface area contributed by atoms with Crippen LogP contribution in [-0.4, -0.2) is 26.3 Å². The van der Waals surface area contributed by atoms with Gasteiger partial charge >= 0.3 is 0 Å². The first-order chi connectivity index (χ1) is 7.67. The van der Waals surface area contributed by atoms with Gasteiger partial charge in [0, 0.05) is 30.4 Å². The quantitative estimate of drug-likeness (QED) is 0.725. The fourth-order valence-electron chi connectivity index (χ4n) is 1.64. The van der Waals surface area contributed by atoms with E-state index in [9.17, 15) is 4.79 Å². The fraction of sp³-hybridized carbons (Fsp3) is 0.300. The van der Waals surface area contributed by atoms with Crippen LogP contribution in [0.15, 0.2) is 10.9 Å². The van der Waals surface area contributed by atoms with E-state index in [1.165, 1.54) is 6.07 Å². The first-order valence-corrected chi connectivity index (χ1v) is 4.80. The molecule has 0 amide bonds. The van der Waals surface area contributed by atoms with Gasteiger partial charge in [0.05, 0.1) is 0 Å². The Morgan fingerprint density at radius 2 is 2.44 bits per heavy atom. The highest BCUT2D eigenvalue weighted by molar-refractivity contribution is 5.44. The van der Waals surface area contributed by atoms with Crippen LogP contribution in [0.1, 0.15) is 17.0 Å². The Hall–Kier alpha value is -2.13. The summed E-state index contributed by atoms with van der Waals surface area (Å²) >= 11 is 0. The molecule has 0 aliphatic carbocycles. The lowest BCUT2D eigenvalue weighted by molar-refractivity contribution is 0.298. The second kappa shape index (κ2) is 3.79. The molecule has 6 heteroatoms. The van der Waals surface area contributed by atoms with Gasteiger partial charge in [-0.1, -0.05) is 0 Å². The average Bonchev–Trinajstić information content (AvgIpc) is 2.67. The number of aromatic amines is 1. The third-order valence-electron chi connectivity index (χ3n) is 2.40. The van der Waals surface area contributed by atoms with E-state index in [0.29, 0.717) is 16.9 Å². The van der Waals surface area contributed by atoms with Crippen LogP contribution in [0.2, 0.25) is 0 Å². The molecule has 0 bridgehead atoms. The maximum absolute atomic E-state index is 11.9. The van der Waals surface area contributed by atoms with Crippen molar-refractivity contribution in [3.05, 3.63) is 33.4 Å². The molecule has 2 N–H and O–H groups in total. The van der Waals surface area contributed by atoms with E-state index >= 15 is 0 Å². The summed E-state index contributed by atoms with van der Waals surface area (Å²) in [6.45, 7) is 1.66. The van der Waals surface area contributed by atoms with Crippen LogP contribution in [-0.2, 0) is 6.42 Å². The first-order valence-electron chi connectivity index (χ1n) is 4.80. The van der Waals surface area contributed by atoms with Gasteiger partial charge in [-0.05, 0) is 6.92 Å². The monoisotopic (exact) mass is 218 g/mol. The SMILES string of the molecule is Cc1[nH]c2cc(C#N)nn2c(=O)c1CCO. The number of hydrogen-bond donors (Lipinski definition) is 2. The summed E-state index contributed by atoms with van der Waals surface area (Å²) in [5.74, 6) is 0. The summed E-state index contributed by atoms with van der Waals surface area (Å²) in [6.07, 6.45) is 0.277. The maximum Gasteiger partial charge on any atom is 0.277 e. The van der Waals surface area contributed by atoms with Gasteiger partial charge < -0.3 is 10.1 Å². The molecule has 2 aromatic heterocycles. The zero-order valence-electron chi connectivity index (χ0n) is 8.69. The molecule has 0 aliphatic rings. The van der Waals surface area contributed by atoms with Gasteiger partial charge in [0.2, 0.25) is 0 Å². The van der Waals surface area contributed by atoms with Crippen molar-refractivity contribution in [3.8, 4) is 6.07 Å². The number of aromatic nitrogens is 3. The molecule has 6 nitrogen and oxygen atoms in total. The molecule has 0 radical (unpaired) electrons. The smallest absolute Gasteiger partial charge is 0.277 e. The normalized spacial score (nSPS) is 10.6. The van der Waals surface area contributed by atoms with Gasteiger partial charge in [-0.3, -0.25) is 4.79 Å². The van der Waals surface area contributed by atoms with Crippen LogP contribution in [0.25, 0.3) is 5.65 Å². The second-order valence-corrected chi connectivity index (χ2v) is 3.45. The minimum Gasteiger partial charge on any atom is -0.396 e. The Bertz CT molecular complexity index is 633. The van der Waals surface area contributed by atoms with Crippen LogP contribution in [0.3, 0.4) is 0 Å². The van der Waals surface area contributed by atoms with Crippen molar-refractivity contribution >= 4 is 5.65 Å². The molecule has 2 heterocycles. The maximum atomic E-state index is 11.9. The van der Waals surface area contributed by atoms with Crippen LogP contribution < -0.4 is 5.56 Å². The van der Waals surface area contributed by atoms with Crippen molar-refractivity contribution in [3.63, 3.8) is 0 Å². The van der Waals surface area contributed by atoms with Crippen LogP contribution in [0.4, 0.5) is 0 Å². The van der Waals surface area contributed by atoms with Gasteiger partial charge in [-0.15, -0.1) is 0 Å². The first kappa shape index (κ1) is 10.4. The van der Waals surface area contributed by atoms with Gasteiger partial charge in [-0.25, -0.2) is 0 Å². The van der Waals surface area contributed by atoms with Crippen molar-refractivity contribution in [1.82, 2.24) is 14.6 Å². The summed E-state index contributed by atoms with van der Waals surface area (Å²) < 4.78 is 1.15. The molecule has 2 rings (SSSR count). The topological polar surface area (TPSA) is 94.2 Å². The van der Waals surface area contributed by atoms with Crippen molar-refractivity contribution in [1.29, 1.82) is 5.26 Å². The van der Waals surface area contributed by atoms with Crippen molar-refractivity contribution in [2.24, 2.45) is 0 Å². The number of rotatable bonds is 2. The molecule has 0 aromatic carbocycles. The molecule has 0 atom stereocenters. The standard InChI is InChI=1S/C10H10N4O2/c1-6-8(2-3-15)10(16)14-9(12-6)4-7(5-11)13-14/h4,12,15H,2-3H2,1H3. The van der Waals surface area contributed by atoms with Gasteiger partial charge in [-0.2, -0.15) is 14.9 Å². The molecule has 0 aliphatic heterocycles. The molecule has 2 aromatic rings. The fourth-order valence-corrected chi connectivity index (χ4v) is 1.64. The van der Waals surface area contributed by atoms with E-state index in [1.54, 1.807) is 6.92 Å². The molecule has 0 saturated carbocycles. The Kier molecular flexibility index (Phi) is 2.46. The zero-order chi connectivity index (χ0) is 11.7. The largest absolute Gasteiger partial charge is 0.396 e. The summed E-state index contributed by atoms with van der Waals surface area (Å²) in [5.41, 5.74) is 1.56. The average molecular weight is 218 g/mol. The number of nitrogens with zero attached hydrogens (tertiary/aromatic N) is 3. The Morgan fingerprint density at radius 1 is 1.69 bits per heavy atom. The second-order valence-electron chi connectivity index (χ2n) is 3.45. The third kappa shape index (κ3) is 1.47. The zero-order valence-corrected chi connectivity index (χ0v) is 8.69. The number of aliphatic hydroxyl groups excluding tert-OH is 1. The number of aryl methyl sites for hydroxylation is 1. The number of fused-ring (bicyclic) bond motifs is 1. The predicted octanol–water partition coefficient (Wildman–Crippen LogP) is -0.263. The van der Waals surface area contributed by atoms with Crippen molar-refractivity contribution in [2.45, 2.75) is 13.3 Å². The van der Waals surface area contributed by atoms with E-state index < -0.39 is 0 Å². The molecule has 16 heavy (non-hydrogen) atoms. The van der Waals surface area contributed by atoms with Gasteiger partial charge in [0.15, 0.2) is 5.69 Å². The molecule has 0 unspecified atom stereocenters. The van der Waals surface area contributed by atoms with E-state index in [4.69, 9.17) is 10.4 Å². The third-order valence-corrected chi connectivity index (χ3v) is 2.40. The summed E-state index contributed by atoms with van der Waals surface area (Å²) in [5, 5.41) is 21.4. The van der Waals surface area contributed by atoms with Gasteiger partial charge in [0.1, 0.15) is 11.7 Å². The van der Waals surface area contributed by atoms with E-state index in [-0.39, 0.29) is 24.3 Å². The number of nitriles is 1. The van der Waals surface area contributed by atoms with Crippen LogP contribution >= 0.6 is 0 Å². The number of hydrogen-bond acceptors (Lipinski definition) is 4. The number of nitrogens with one attached hydrogen (secondary N) is 1. The predicted molar refractivity (Wildman–Crippen MR) is 56.1 cm³/mol. The Balaban J connectivity index is 2.77. The minimum atomic E-state index is -0.290. The summed E-state index contributed by atoms with van der Waals surface area (Å²) in [4.78, 5) is 14.9. The highest BCUT2D eigenvalue weighted by atomic mass is 16.3. The van der Waals surface area contributed by atoms with E-state index in [1.807, 2.05) is 6.07 Å². The number of aliphatic hydroxyl groups is 1. The molecular weight excluding hydrogens is 208 g/mol. The molecule has 0 saturated heterocycles. The van der Waals surface area contributed by atoms with E-state index in [2.05, 4.69) is 10.1 Å².